The highest BCUT2D eigenvalue weighted by atomic mass is 35.6. The van der Waals surface area contributed by atoms with Crippen molar-refractivity contribution >= 4 is 52.1 Å². The molecule has 18 heavy (non-hydrogen) atoms. The van der Waals surface area contributed by atoms with E-state index in [9.17, 15) is 9.59 Å². The first-order valence-electron chi connectivity index (χ1n) is 4.96. The Labute approximate surface area is 120 Å². The van der Waals surface area contributed by atoms with Gasteiger partial charge in [-0.2, -0.15) is 0 Å². The maximum atomic E-state index is 11.5. The summed E-state index contributed by atoms with van der Waals surface area (Å²) in [4.78, 5) is 22.8. The van der Waals surface area contributed by atoms with Crippen LogP contribution < -0.4 is 5.32 Å². The van der Waals surface area contributed by atoms with Crippen LogP contribution in [0.2, 0.25) is 0 Å². The van der Waals surface area contributed by atoms with Crippen LogP contribution in [-0.4, -0.2) is 15.5 Å². The van der Waals surface area contributed by atoms with E-state index in [0.29, 0.717) is 11.1 Å². The summed E-state index contributed by atoms with van der Waals surface area (Å²) in [7, 11) is 0. The van der Waals surface area contributed by atoms with Gasteiger partial charge in [0.15, 0.2) is 5.78 Å². The lowest BCUT2D eigenvalue weighted by molar-refractivity contribution is -0.119. The molecule has 0 bridgehead atoms. The summed E-state index contributed by atoms with van der Waals surface area (Å²) in [5.41, 5.74) is 1.01. The number of rotatable bonds is 3. The third kappa shape index (κ3) is 4.33. The number of hydrogen-bond acceptors (Lipinski definition) is 2. The second-order valence-electron chi connectivity index (χ2n) is 3.45. The SMILES string of the molecule is CC(=O)/C(=C\NC(=O)C(Cl)(Cl)Cl)c1ccccc1. The zero-order chi connectivity index (χ0) is 13.8. The second kappa shape index (κ2) is 6.23. The standard InChI is InChI=1S/C12H10Cl3NO2/c1-8(17)10(9-5-3-2-4-6-9)7-16-11(18)12(13,14)15/h2-7H,1H3,(H,16,18)/b10-7+. The van der Waals surface area contributed by atoms with Gasteiger partial charge in [-0.1, -0.05) is 65.1 Å². The van der Waals surface area contributed by atoms with Gasteiger partial charge in [0.1, 0.15) is 0 Å². The first-order chi connectivity index (χ1) is 8.32. The molecule has 1 aromatic rings. The lowest BCUT2D eigenvalue weighted by Gasteiger charge is -2.10. The Morgan fingerprint density at radius 2 is 1.72 bits per heavy atom. The van der Waals surface area contributed by atoms with Crippen LogP contribution in [0.3, 0.4) is 0 Å². The van der Waals surface area contributed by atoms with E-state index in [4.69, 9.17) is 34.8 Å². The van der Waals surface area contributed by atoms with Gasteiger partial charge in [0.2, 0.25) is 0 Å². The van der Waals surface area contributed by atoms with E-state index in [-0.39, 0.29) is 5.78 Å². The van der Waals surface area contributed by atoms with Gasteiger partial charge < -0.3 is 5.32 Å². The van der Waals surface area contributed by atoms with Crippen molar-refractivity contribution in [2.75, 3.05) is 0 Å². The van der Waals surface area contributed by atoms with Crippen LogP contribution in [0.5, 0.6) is 0 Å². The molecule has 0 aromatic heterocycles. The first-order valence-corrected chi connectivity index (χ1v) is 6.10. The fourth-order valence-corrected chi connectivity index (χ4v) is 1.39. The molecule has 0 radical (unpaired) electrons. The van der Waals surface area contributed by atoms with Crippen LogP contribution in [0.15, 0.2) is 36.5 Å². The van der Waals surface area contributed by atoms with E-state index in [0.717, 1.165) is 0 Å². The molecular formula is C12H10Cl3NO2. The van der Waals surface area contributed by atoms with Crippen molar-refractivity contribution in [1.29, 1.82) is 0 Å². The van der Waals surface area contributed by atoms with Crippen LogP contribution in [-0.2, 0) is 9.59 Å². The van der Waals surface area contributed by atoms with Crippen molar-refractivity contribution in [1.82, 2.24) is 5.32 Å². The fraction of sp³-hybridized carbons (Fsp3) is 0.167. The van der Waals surface area contributed by atoms with Gasteiger partial charge in [0.25, 0.3) is 9.70 Å². The molecule has 0 heterocycles. The first kappa shape index (κ1) is 15.0. The smallest absolute Gasteiger partial charge is 0.276 e. The molecule has 0 spiro atoms. The van der Waals surface area contributed by atoms with Gasteiger partial charge in [-0.25, -0.2) is 0 Å². The van der Waals surface area contributed by atoms with Crippen molar-refractivity contribution in [2.45, 2.75) is 10.7 Å². The molecule has 0 unspecified atom stereocenters. The number of nitrogens with one attached hydrogen (secondary N) is 1. The third-order valence-electron chi connectivity index (χ3n) is 2.07. The average molecular weight is 307 g/mol. The lowest BCUT2D eigenvalue weighted by atomic mass is 10.0. The number of allylic oxidation sites excluding steroid dienone is 1. The van der Waals surface area contributed by atoms with Crippen LogP contribution in [0, 0.1) is 0 Å². The van der Waals surface area contributed by atoms with Gasteiger partial charge >= 0.3 is 0 Å². The molecule has 0 atom stereocenters. The molecule has 0 saturated heterocycles. The Kier molecular flexibility index (Phi) is 5.20. The molecule has 0 aliphatic rings. The minimum Gasteiger partial charge on any atom is -0.328 e. The number of alkyl halides is 3. The van der Waals surface area contributed by atoms with Gasteiger partial charge in [0.05, 0.1) is 0 Å². The normalized spacial score (nSPS) is 12.1. The average Bonchev–Trinajstić information content (AvgIpc) is 2.28. The highest BCUT2D eigenvalue weighted by Gasteiger charge is 2.29. The molecular weight excluding hydrogens is 296 g/mol. The maximum absolute atomic E-state index is 11.5. The van der Waals surface area contributed by atoms with Crippen LogP contribution in [0.25, 0.3) is 5.57 Å². The van der Waals surface area contributed by atoms with Gasteiger partial charge in [-0.15, -0.1) is 0 Å². The number of amides is 1. The van der Waals surface area contributed by atoms with E-state index in [1.165, 1.54) is 13.1 Å². The number of hydrogen-bond donors (Lipinski definition) is 1. The van der Waals surface area contributed by atoms with E-state index < -0.39 is 9.70 Å². The molecule has 0 aliphatic carbocycles. The number of Topliss-reactive ketones (excluding diaryl/α,β-unsaturated/α-hetero) is 1. The van der Waals surface area contributed by atoms with E-state index in [2.05, 4.69) is 5.32 Å². The van der Waals surface area contributed by atoms with E-state index in [1.54, 1.807) is 24.3 Å². The molecule has 1 amide bonds. The van der Waals surface area contributed by atoms with Crippen molar-refractivity contribution in [3.63, 3.8) is 0 Å². The number of benzene rings is 1. The Morgan fingerprint density at radius 1 is 1.17 bits per heavy atom. The van der Waals surface area contributed by atoms with Crippen molar-refractivity contribution in [3.8, 4) is 0 Å². The number of carbonyl (C=O) groups is 2. The summed E-state index contributed by atoms with van der Waals surface area (Å²) in [6, 6.07) is 8.87. The third-order valence-corrected chi connectivity index (χ3v) is 2.58. The van der Waals surface area contributed by atoms with Gasteiger partial charge in [0, 0.05) is 11.8 Å². The molecule has 0 saturated carbocycles. The zero-order valence-corrected chi connectivity index (χ0v) is 11.7. The predicted octanol–water partition coefficient (Wildman–Crippen LogP) is 3.10. The predicted molar refractivity (Wildman–Crippen MR) is 73.5 cm³/mol. The fourth-order valence-electron chi connectivity index (χ4n) is 1.23. The summed E-state index contributed by atoms with van der Waals surface area (Å²) >= 11 is 16.2. The van der Waals surface area contributed by atoms with Crippen LogP contribution in [0.4, 0.5) is 0 Å². The maximum Gasteiger partial charge on any atom is 0.276 e. The van der Waals surface area contributed by atoms with E-state index >= 15 is 0 Å². The molecule has 3 nitrogen and oxygen atoms in total. The molecule has 0 aliphatic heterocycles. The lowest BCUT2D eigenvalue weighted by Crippen LogP contribution is -2.31. The zero-order valence-electron chi connectivity index (χ0n) is 9.41. The number of halogens is 3. The molecule has 0 fully saturated rings. The topological polar surface area (TPSA) is 46.2 Å². The van der Waals surface area contributed by atoms with Crippen molar-refractivity contribution in [2.24, 2.45) is 0 Å². The molecule has 1 aromatic carbocycles. The number of ketones is 1. The number of carbonyl (C=O) groups excluding carboxylic acids is 2. The summed E-state index contributed by atoms with van der Waals surface area (Å²) in [5.74, 6) is -1.02. The Balaban J connectivity index is 2.95. The second-order valence-corrected chi connectivity index (χ2v) is 5.73. The van der Waals surface area contributed by atoms with Crippen LogP contribution >= 0.6 is 34.8 Å². The molecule has 6 heteroatoms. The largest absolute Gasteiger partial charge is 0.328 e. The minimum absolute atomic E-state index is 0.203. The van der Waals surface area contributed by atoms with E-state index in [1.807, 2.05) is 6.07 Å². The highest BCUT2D eigenvalue weighted by Crippen LogP contribution is 2.26. The Bertz CT molecular complexity index is 478. The molecule has 96 valence electrons. The minimum atomic E-state index is -2.06. The summed E-state index contributed by atoms with van der Waals surface area (Å²) in [5, 5.41) is 2.28. The van der Waals surface area contributed by atoms with Crippen molar-refractivity contribution in [3.05, 3.63) is 42.1 Å². The highest BCUT2D eigenvalue weighted by molar-refractivity contribution is 6.76. The van der Waals surface area contributed by atoms with Crippen molar-refractivity contribution < 1.29 is 9.59 Å². The molecule has 1 rings (SSSR count). The molecule has 1 N–H and O–H groups in total. The Morgan fingerprint density at radius 3 is 2.17 bits per heavy atom. The summed E-state index contributed by atoms with van der Waals surface area (Å²) in [6.07, 6.45) is 1.24. The quantitative estimate of drug-likeness (QED) is 0.689. The van der Waals surface area contributed by atoms with Crippen LogP contribution in [0.1, 0.15) is 12.5 Å². The Hall–Kier alpha value is -1.03. The van der Waals surface area contributed by atoms with Gasteiger partial charge in [-0.05, 0) is 12.5 Å². The van der Waals surface area contributed by atoms with Gasteiger partial charge in [-0.3, -0.25) is 9.59 Å². The summed E-state index contributed by atoms with van der Waals surface area (Å²) in [6.45, 7) is 1.39. The summed E-state index contributed by atoms with van der Waals surface area (Å²) < 4.78 is -2.06. The monoisotopic (exact) mass is 305 g/mol.